The van der Waals surface area contributed by atoms with E-state index in [-0.39, 0.29) is 23.2 Å². The molecule has 11 heteroatoms. The van der Waals surface area contributed by atoms with Gasteiger partial charge in [0.2, 0.25) is 11.8 Å². The zero-order valence-electron chi connectivity index (χ0n) is 19.7. The molecule has 1 aromatic heterocycles. The van der Waals surface area contributed by atoms with Crippen molar-refractivity contribution >= 4 is 45.7 Å². The van der Waals surface area contributed by atoms with E-state index >= 15 is 0 Å². The van der Waals surface area contributed by atoms with Crippen LogP contribution in [0.25, 0.3) is 10.9 Å². The van der Waals surface area contributed by atoms with Crippen LogP contribution in [0.4, 0.5) is 11.4 Å². The van der Waals surface area contributed by atoms with Gasteiger partial charge in [-0.2, -0.15) is 0 Å². The van der Waals surface area contributed by atoms with Crippen LogP contribution in [0.5, 0.6) is 0 Å². The number of pyridine rings is 1. The third-order valence-corrected chi connectivity index (χ3v) is 6.13. The number of nitrogens with two attached hydrogens (primary N) is 2. The van der Waals surface area contributed by atoms with E-state index in [1.807, 2.05) is 24.3 Å². The lowest BCUT2D eigenvalue weighted by Gasteiger charge is -2.30. The van der Waals surface area contributed by atoms with E-state index in [4.69, 9.17) is 23.1 Å². The summed E-state index contributed by atoms with van der Waals surface area (Å²) >= 11 is 6.04. The number of fused-ring (bicyclic) bond motifs is 1. The van der Waals surface area contributed by atoms with Crippen molar-refractivity contribution in [1.82, 2.24) is 10.3 Å². The summed E-state index contributed by atoms with van der Waals surface area (Å²) in [5.41, 5.74) is 12.5. The molecule has 36 heavy (non-hydrogen) atoms. The van der Waals surface area contributed by atoms with Crippen LogP contribution < -0.4 is 22.1 Å². The summed E-state index contributed by atoms with van der Waals surface area (Å²) < 4.78 is 0. The molecule has 1 saturated carbocycles. The van der Waals surface area contributed by atoms with Crippen LogP contribution in [0.3, 0.4) is 0 Å². The van der Waals surface area contributed by atoms with Crippen molar-refractivity contribution in [2.75, 3.05) is 11.9 Å². The number of nitro benzene ring substituents is 1. The number of nitro groups is 1. The van der Waals surface area contributed by atoms with E-state index in [0.29, 0.717) is 24.0 Å². The van der Waals surface area contributed by atoms with Crippen LogP contribution in [0.15, 0.2) is 54.7 Å². The summed E-state index contributed by atoms with van der Waals surface area (Å²) in [6, 6.07) is 13.6. The van der Waals surface area contributed by atoms with Crippen molar-refractivity contribution in [3.8, 4) is 0 Å². The number of nitrogens with one attached hydrogen (secondary N) is 2. The summed E-state index contributed by atoms with van der Waals surface area (Å²) in [6.07, 6.45) is 6.25. The maximum absolute atomic E-state index is 11.6. The molecule has 3 aromatic rings. The molecule has 1 aliphatic rings. The van der Waals surface area contributed by atoms with Gasteiger partial charge in [-0.1, -0.05) is 11.6 Å². The van der Waals surface area contributed by atoms with Gasteiger partial charge in [0.25, 0.3) is 5.69 Å². The Morgan fingerprint density at radius 3 is 2.33 bits per heavy atom. The van der Waals surface area contributed by atoms with Crippen molar-refractivity contribution in [3.63, 3.8) is 0 Å². The minimum absolute atomic E-state index is 0.0556. The Hall–Kier alpha value is -3.76. The molecule has 0 spiro atoms. The fourth-order valence-electron chi connectivity index (χ4n) is 4.03. The first-order valence-corrected chi connectivity index (χ1v) is 12.0. The van der Waals surface area contributed by atoms with E-state index < -0.39 is 10.8 Å². The molecule has 0 saturated heterocycles. The maximum atomic E-state index is 11.6. The van der Waals surface area contributed by atoms with Crippen LogP contribution in [-0.2, 0) is 4.79 Å². The molecule has 0 aliphatic heterocycles. The Balaban J connectivity index is 0.000000253. The van der Waals surface area contributed by atoms with Gasteiger partial charge in [-0.15, -0.1) is 0 Å². The van der Waals surface area contributed by atoms with Gasteiger partial charge in [-0.3, -0.25) is 24.7 Å². The number of carbonyl (C=O) groups is 2. The van der Waals surface area contributed by atoms with Gasteiger partial charge in [-0.25, -0.2) is 0 Å². The Bertz CT molecular complexity index is 1180. The Morgan fingerprint density at radius 1 is 1.06 bits per heavy atom. The van der Waals surface area contributed by atoms with E-state index in [0.717, 1.165) is 42.3 Å². The van der Waals surface area contributed by atoms with Crippen LogP contribution in [0.2, 0.25) is 5.02 Å². The Kier molecular flexibility index (Phi) is 9.54. The van der Waals surface area contributed by atoms with E-state index in [1.54, 1.807) is 6.20 Å². The number of amides is 2. The summed E-state index contributed by atoms with van der Waals surface area (Å²) in [4.78, 5) is 36.2. The predicted molar refractivity (Wildman–Crippen MR) is 140 cm³/mol. The smallest absolute Gasteiger partial charge is 0.269 e. The zero-order chi connectivity index (χ0) is 26.1. The molecule has 2 amide bonds. The van der Waals surface area contributed by atoms with Crippen LogP contribution in [0.1, 0.15) is 42.5 Å². The van der Waals surface area contributed by atoms with Crippen molar-refractivity contribution < 1.29 is 14.5 Å². The fraction of sp³-hybridized carbons (Fsp3) is 0.320. The second-order valence-corrected chi connectivity index (χ2v) is 8.92. The number of nitrogens with zero attached hydrogens (tertiary/aromatic N) is 2. The third-order valence-electron chi connectivity index (χ3n) is 5.89. The molecule has 2 aromatic carbocycles. The van der Waals surface area contributed by atoms with Gasteiger partial charge < -0.3 is 22.1 Å². The molecular weight excluding hydrogens is 484 g/mol. The highest BCUT2D eigenvalue weighted by Crippen LogP contribution is 2.28. The molecule has 0 atom stereocenters. The highest BCUT2D eigenvalue weighted by Gasteiger charge is 2.22. The molecule has 0 unspecified atom stereocenters. The number of hydrogen-bond acceptors (Lipinski definition) is 7. The number of hydrogen-bond donors (Lipinski definition) is 4. The molecule has 190 valence electrons. The molecular formula is C25H29ClN6O4. The first-order valence-electron chi connectivity index (χ1n) is 11.6. The third kappa shape index (κ3) is 7.62. The number of halogens is 1. The van der Waals surface area contributed by atoms with Crippen LogP contribution in [-0.4, -0.2) is 40.4 Å². The molecule has 1 aliphatic carbocycles. The van der Waals surface area contributed by atoms with Gasteiger partial charge in [0, 0.05) is 65.0 Å². The quantitative estimate of drug-likeness (QED) is 0.276. The lowest BCUT2D eigenvalue weighted by atomic mass is 9.90. The summed E-state index contributed by atoms with van der Waals surface area (Å²) in [6.45, 7) is 0.405. The Morgan fingerprint density at radius 2 is 1.72 bits per heavy atom. The zero-order valence-corrected chi connectivity index (χ0v) is 20.4. The molecule has 0 radical (unpaired) electrons. The molecule has 6 N–H and O–H groups in total. The second kappa shape index (κ2) is 12.8. The highest BCUT2D eigenvalue weighted by atomic mass is 35.5. The number of benzene rings is 2. The van der Waals surface area contributed by atoms with E-state index in [9.17, 15) is 19.7 Å². The van der Waals surface area contributed by atoms with Crippen molar-refractivity contribution in [2.24, 2.45) is 11.5 Å². The maximum Gasteiger partial charge on any atom is 0.269 e. The van der Waals surface area contributed by atoms with Crippen molar-refractivity contribution in [1.29, 1.82) is 0 Å². The lowest BCUT2D eigenvalue weighted by molar-refractivity contribution is -0.384. The molecule has 1 heterocycles. The minimum atomic E-state index is -0.593. The monoisotopic (exact) mass is 512 g/mol. The number of aromatic nitrogens is 1. The topological polar surface area (TPSA) is 166 Å². The molecule has 0 bridgehead atoms. The Labute approximate surface area is 213 Å². The first kappa shape index (κ1) is 26.8. The number of carbonyl (C=O) groups excluding carboxylic acids is 2. The first-order chi connectivity index (χ1) is 17.3. The van der Waals surface area contributed by atoms with Gasteiger partial charge in [0.1, 0.15) is 0 Å². The van der Waals surface area contributed by atoms with E-state index in [1.165, 1.54) is 24.3 Å². The number of anilines is 1. The number of primary amides is 1. The predicted octanol–water partition coefficient (Wildman–Crippen LogP) is 3.77. The average molecular weight is 513 g/mol. The largest absolute Gasteiger partial charge is 0.382 e. The van der Waals surface area contributed by atoms with Crippen LogP contribution >= 0.6 is 11.6 Å². The summed E-state index contributed by atoms with van der Waals surface area (Å²) in [7, 11) is 0. The van der Waals surface area contributed by atoms with Gasteiger partial charge in [0.15, 0.2) is 0 Å². The van der Waals surface area contributed by atoms with Gasteiger partial charge in [-0.05, 0) is 62.1 Å². The molecule has 10 nitrogen and oxygen atoms in total. The molecule has 1 fully saturated rings. The van der Waals surface area contributed by atoms with Crippen molar-refractivity contribution in [3.05, 3.63) is 75.4 Å². The van der Waals surface area contributed by atoms with Gasteiger partial charge >= 0.3 is 0 Å². The van der Waals surface area contributed by atoms with Gasteiger partial charge in [0.05, 0.1) is 10.4 Å². The molecule has 4 rings (SSSR count). The van der Waals surface area contributed by atoms with E-state index in [2.05, 4.69) is 15.6 Å². The average Bonchev–Trinajstić information content (AvgIpc) is 2.86. The fourth-order valence-corrected chi connectivity index (χ4v) is 4.19. The minimum Gasteiger partial charge on any atom is -0.382 e. The van der Waals surface area contributed by atoms with Crippen molar-refractivity contribution in [2.45, 2.75) is 44.2 Å². The number of rotatable bonds is 7. The lowest BCUT2D eigenvalue weighted by Crippen LogP contribution is -2.40. The van der Waals surface area contributed by atoms with Crippen LogP contribution in [0, 0.1) is 10.1 Å². The SMILES string of the molecule is NC(=O)c1ccc([N+](=O)[O-])cc1.NCCC(=O)N[C@H]1CC[C@@H](Nc2ccnc3cc(Cl)ccc23)CC1. The number of non-ortho nitro benzene ring substituents is 1. The highest BCUT2D eigenvalue weighted by molar-refractivity contribution is 6.31. The normalized spacial score (nSPS) is 16.9. The summed E-state index contributed by atoms with van der Waals surface area (Å²) in [5.74, 6) is -0.532. The second-order valence-electron chi connectivity index (χ2n) is 8.49. The summed E-state index contributed by atoms with van der Waals surface area (Å²) in [5, 5.41) is 18.6. The standard InChI is InChI=1S/C18H23ClN4O.C7H6N2O3/c19-12-1-6-15-16(8-10-21-17(15)11-12)22-13-2-4-14(5-3-13)23-18(24)7-9-20;8-7(10)5-1-3-6(4-2-5)9(11)12/h1,6,8,10-11,13-14H,2-5,7,9,20H2,(H,21,22)(H,23,24);1-4H,(H2,8,10)/t13-,14+;.